The lowest BCUT2D eigenvalue weighted by atomic mass is 9.82. The van der Waals surface area contributed by atoms with Crippen LogP contribution in [0.15, 0.2) is 12.2 Å². The van der Waals surface area contributed by atoms with Gasteiger partial charge in [0, 0.05) is 12.8 Å². The highest BCUT2D eigenvalue weighted by atomic mass is 16.5. The second-order valence-corrected chi connectivity index (χ2v) is 4.13. The van der Waals surface area contributed by atoms with Crippen LogP contribution in [0.1, 0.15) is 39.5 Å². The fraction of sp³-hybridized carbons (Fsp3) is 0.571. The second-order valence-electron chi connectivity index (χ2n) is 4.13. The van der Waals surface area contributed by atoms with Gasteiger partial charge in [0.1, 0.15) is 12.0 Å². The molecule has 1 unspecified atom stereocenters. The molecule has 0 aromatic carbocycles. The van der Waals surface area contributed by atoms with Gasteiger partial charge >= 0.3 is 5.97 Å². The first-order valence-corrected chi connectivity index (χ1v) is 5.88. The predicted molar refractivity (Wildman–Crippen MR) is 65.1 cm³/mol. The van der Waals surface area contributed by atoms with Crippen LogP contribution in [0.5, 0.6) is 0 Å². The van der Waals surface area contributed by atoms with Gasteiger partial charge in [-0.25, -0.2) is 0 Å². The number of hydrogen-bond acceptors (Lipinski definition) is 3. The minimum absolute atomic E-state index is 0.0225. The fourth-order valence-corrected chi connectivity index (χ4v) is 2.00. The first-order valence-electron chi connectivity index (χ1n) is 5.88. The van der Waals surface area contributed by atoms with Crippen LogP contribution in [0.25, 0.3) is 0 Å². The molecule has 1 atom stereocenters. The molecule has 3 nitrogen and oxygen atoms in total. The molecule has 0 amide bonds. The summed E-state index contributed by atoms with van der Waals surface area (Å²) in [4.78, 5) is 23.9. The van der Waals surface area contributed by atoms with Crippen LogP contribution in [-0.2, 0) is 14.3 Å². The van der Waals surface area contributed by atoms with Crippen LogP contribution in [-0.4, -0.2) is 18.4 Å². The van der Waals surface area contributed by atoms with Crippen LogP contribution in [0, 0.1) is 17.3 Å². The van der Waals surface area contributed by atoms with Crippen molar-refractivity contribution in [1.29, 1.82) is 0 Å². The summed E-state index contributed by atoms with van der Waals surface area (Å²) in [7, 11) is 0. The SMILES string of the molecule is CC#CCC1(C(=O)OCC=CC)CCCC1=O. The van der Waals surface area contributed by atoms with Crippen LogP contribution in [0.3, 0.4) is 0 Å². The highest BCUT2D eigenvalue weighted by Crippen LogP contribution is 2.39. The summed E-state index contributed by atoms with van der Waals surface area (Å²) >= 11 is 0. The Labute approximate surface area is 102 Å². The molecular weight excluding hydrogens is 216 g/mol. The van der Waals surface area contributed by atoms with Crippen molar-refractivity contribution in [1.82, 2.24) is 0 Å². The Balaban J connectivity index is 2.78. The van der Waals surface area contributed by atoms with E-state index in [1.54, 1.807) is 13.0 Å². The van der Waals surface area contributed by atoms with Crippen molar-refractivity contribution < 1.29 is 14.3 Å². The first-order chi connectivity index (χ1) is 8.17. The number of allylic oxidation sites excluding steroid dienone is 1. The minimum atomic E-state index is -0.995. The zero-order chi connectivity index (χ0) is 12.7. The van der Waals surface area contributed by atoms with Gasteiger partial charge < -0.3 is 4.74 Å². The lowest BCUT2D eigenvalue weighted by Crippen LogP contribution is -2.36. The maximum atomic E-state index is 12.0. The monoisotopic (exact) mass is 234 g/mol. The minimum Gasteiger partial charge on any atom is -0.461 e. The van der Waals surface area contributed by atoms with E-state index in [9.17, 15) is 9.59 Å². The predicted octanol–water partition coefficient (Wildman–Crippen LogP) is 2.26. The molecule has 1 aliphatic carbocycles. The third kappa shape index (κ3) is 2.97. The maximum Gasteiger partial charge on any atom is 0.320 e. The van der Waals surface area contributed by atoms with Gasteiger partial charge in [-0.2, -0.15) is 0 Å². The van der Waals surface area contributed by atoms with Crippen LogP contribution < -0.4 is 0 Å². The molecule has 1 fully saturated rings. The van der Waals surface area contributed by atoms with Crippen LogP contribution in [0.4, 0.5) is 0 Å². The summed E-state index contributed by atoms with van der Waals surface area (Å²) in [5, 5.41) is 0. The summed E-state index contributed by atoms with van der Waals surface area (Å²) in [5.41, 5.74) is -0.995. The summed E-state index contributed by atoms with van der Waals surface area (Å²) in [5.74, 6) is 5.14. The van der Waals surface area contributed by atoms with Gasteiger partial charge in [-0.1, -0.05) is 12.2 Å². The summed E-state index contributed by atoms with van der Waals surface area (Å²) in [6.45, 7) is 3.79. The third-order valence-electron chi connectivity index (χ3n) is 3.05. The molecule has 3 heteroatoms. The molecule has 0 aromatic heterocycles. The van der Waals surface area contributed by atoms with E-state index in [1.165, 1.54) is 0 Å². The molecule has 0 bridgehead atoms. The lowest BCUT2D eigenvalue weighted by molar-refractivity contribution is -0.157. The number of carbonyl (C=O) groups is 2. The Hall–Kier alpha value is -1.56. The molecule has 1 saturated carbocycles. The van der Waals surface area contributed by atoms with Crippen molar-refractivity contribution in [3.63, 3.8) is 0 Å². The molecule has 17 heavy (non-hydrogen) atoms. The Bertz CT molecular complexity index is 384. The van der Waals surface area contributed by atoms with Gasteiger partial charge in [-0.05, 0) is 26.7 Å². The number of ether oxygens (including phenoxy) is 1. The standard InChI is InChI=1S/C14H18O3/c1-3-5-9-14(10-7-8-12(14)15)13(16)17-11-6-4-2/h4,6H,7-11H2,1-2H3. The molecule has 0 aliphatic heterocycles. The fourth-order valence-electron chi connectivity index (χ4n) is 2.00. The molecule has 0 radical (unpaired) electrons. The second kappa shape index (κ2) is 6.24. The van der Waals surface area contributed by atoms with Crippen molar-refractivity contribution in [2.45, 2.75) is 39.5 Å². The highest BCUT2D eigenvalue weighted by Gasteiger charge is 2.49. The largest absolute Gasteiger partial charge is 0.461 e. The Kier molecular flexibility index (Phi) is 4.96. The summed E-state index contributed by atoms with van der Waals surface area (Å²) < 4.78 is 5.12. The van der Waals surface area contributed by atoms with Gasteiger partial charge in [0.25, 0.3) is 0 Å². The average Bonchev–Trinajstić information content (AvgIpc) is 2.69. The van der Waals surface area contributed by atoms with Crippen molar-refractivity contribution >= 4 is 11.8 Å². The molecule has 1 rings (SSSR count). The topological polar surface area (TPSA) is 43.4 Å². The molecule has 0 N–H and O–H groups in total. The Morgan fingerprint density at radius 1 is 1.59 bits per heavy atom. The normalized spacial score (nSPS) is 23.5. The number of carbonyl (C=O) groups excluding carboxylic acids is 2. The first kappa shape index (κ1) is 13.5. The number of esters is 1. The van der Waals surface area contributed by atoms with Gasteiger partial charge in [-0.3, -0.25) is 9.59 Å². The smallest absolute Gasteiger partial charge is 0.320 e. The third-order valence-corrected chi connectivity index (χ3v) is 3.05. The van der Waals surface area contributed by atoms with Crippen molar-refractivity contribution in [2.75, 3.05) is 6.61 Å². The average molecular weight is 234 g/mol. The van der Waals surface area contributed by atoms with E-state index < -0.39 is 11.4 Å². The van der Waals surface area contributed by atoms with E-state index in [4.69, 9.17) is 4.74 Å². The van der Waals surface area contributed by atoms with Gasteiger partial charge in [0.05, 0.1) is 0 Å². The quantitative estimate of drug-likeness (QED) is 0.324. The number of ketones is 1. The number of Topliss-reactive ketones (excluding diaryl/α,β-unsaturated/α-hetero) is 1. The Morgan fingerprint density at radius 2 is 2.35 bits per heavy atom. The zero-order valence-corrected chi connectivity index (χ0v) is 10.4. The van der Waals surface area contributed by atoms with Crippen LogP contribution in [0.2, 0.25) is 0 Å². The zero-order valence-electron chi connectivity index (χ0n) is 10.4. The molecule has 0 saturated heterocycles. The molecule has 0 spiro atoms. The maximum absolute atomic E-state index is 12.0. The van der Waals surface area contributed by atoms with E-state index in [0.29, 0.717) is 12.8 Å². The van der Waals surface area contributed by atoms with E-state index in [1.807, 2.05) is 13.0 Å². The number of rotatable bonds is 4. The van der Waals surface area contributed by atoms with Gasteiger partial charge in [0.2, 0.25) is 0 Å². The van der Waals surface area contributed by atoms with Crippen LogP contribution >= 0.6 is 0 Å². The van der Waals surface area contributed by atoms with Crippen molar-refractivity contribution in [3.05, 3.63) is 12.2 Å². The Morgan fingerprint density at radius 3 is 2.88 bits per heavy atom. The molecular formula is C14H18O3. The van der Waals surface area contributed by atoms with E-state index in [2.05, 4.69) is 11.8 Å². The van der Waals surface area contributed by atoms with E-state index >= 15 is 0 Å². The van der Waals surface area contributed by atoms with Gasteiger partial charge in [0.15, 0.2) is 5.78 Å². The van der Waals surface area contributed by atoms with Gasteiger partial charge in [-0.15, -0.1) is 11.8 Å². The summed E-state index contributed by atoms with van der Waals surface area (Å²) in [6, 6.07) is 0. The van der Waals surface area contributed by atoms with Crippen molar-refractivity contribution in [3.8, 4) is 11.8 Å². The van der Waals surface area contributed by atoms with Crippen molar-refractivity contribution in [2.24, 2.45) is 5.41 Å². The number of hydrogen-bond donors (Lipinski definition) is 0. The van der Waals surface area contributed by atoms with E-state index in [-0.39, 0.29) is 18.8 Å². The molecule has 0 aromatic rings. The molecule has 0 heterocycles. The molecule has 1 aliphatic rings. The molecule has 92 valence electrons. The highest BCUT2D eigenvalue weighted by molar-refractivity contribution is 6.05. The van der Waals surface area contributed by atoms with E-state index in [0.717, 1.165) is 6.42 Å². The summed E-state index contributed by atoms with van der Waals surface area (Å²) in [6.07, 6.45) is 5.62. The lowest BCUT2D eigenvalue weighted by Gasteiger charge is -2.22.